The fourth-order valence-electron chi connectivity index (χ4n) is 3.07. The molecule has 0 aromatic heterocycles. The number of hydrogen-bond acceptors (Lipinski definition) is 6. The van der Waals surface area contributed by atoms with Crippen LogP contribution >= 0.6 is 0 Å². The van der Waals surface area contributed by atoms with Crippen molar-refractivity contribution in [2.45, 2.75) is 65.7 Å². The Morgan fingerprint density at radius 2 is 1.40 bits per heavy atom. The first kappa shape index (κ1) is 23.4. The zero-order valence-corrected chi connectivity index (χ0v) is 18.6. The molecule has 164 valence electrons. The molecule has 0 bridgehead atoms. The van der Waals surface area contributed by atoms with Gasteiger partial charge in [0.2, 0.25) is 0 Å². The number of esters is 1. The third-order valence-electron chi connectivity index (χ3n) is 4.14. The third-order valence-corrected chi connectivity index (χ3v) is 4.14. The van der Waals surface area contributed by atoms with Gasteiger partial charge in [-0.15, -0.1) is 0 Å². The van der Waals surface area contributed by atoms with Crippen molar-refractivity contribution in [3.8, 4) is 0 Å². The summed E-state index contributed by atoms with van der Waals surface area (Å²) < 4.78 is 10.7. The predicted octanol–water partition coefficient (Wildman–Crippen LogP) is 3.25. The average Bonchev–Trinajstić information content (AvgIpc) is 2.82. The van der Waals surface area contributed by atoms with Crippen LogP contribution in [0.5, 0.6) is 0 Å². The van der Waals surface area contributed by atoms with E-state index in [9.17, 15) is 19.2 Å². The largest absolute Gasteiger partial charge is 0.459 e. The second-order valence-electron chi connectivity index (χ2n) is 9.32. The summed E-state index contributed by atoms with van der Waals surface area (Å²) in [4.78, 5) is 52.7. The quantitative estimate of drug-likeness (QED) is 0.538. The second-order valence-corrected chi connectivity index (χ2v) is 9.32. The van der Waals surface area contributed by atoms with Gasteiger partial charge in [-0.05, 0) is 60.6 Å². The maximum atomic E-state index is 12.7. The van der Waals surface area contributed by atoms with Crippen LogP contribution < -0.4 is 0 Å². The van der Waals surface area contributed by atoms with Crippen LogP contribution in [0.1, 0.15) is 69.2 Å². The van der Waals surface area contributed by atoms with Gasteiger partial charge in [-0.25, -0.2) is 4.79 Å². The van der Waals surface area contributed by atoms with Gasteiger partial charge in [0.1, 0.15) is 17.7 Å². The Bertz CT molecular complexity index is 815. The summed E-state index contributed by atoms with van der Waals surface area (Å²) in [5.41, 5.74) is -0.844. The highest BCUT2D eigenvalue weighted by Gasteiger charge is 2.39. The molecule has 1 aliphatic heterocycles. The Morgan fingerprint density at radius 1 is 0.933 bits per heavy atom. The normalized spacial score (nSPS) is 15.0. The lowest BCUT2D eigenvalue weighted by Crippen LogP contribution is -2.50. The summed E-state index contributed by atoms with van der Waals surface area (Å²) in [5.74, 6) is -1.46. The van der Waals surface area contributed by atoms with Gasteiger partial charge in [-0.2, -0.15) is 0 Å². The van der Waals surface area contributed by atoms with Crippen LogP contribution in [-0.2, 0) is 14.3 Å². The number of hydrogen-bond donors (Lipinski definition) is 0. The zero-order chi connectivity index (χ0) is 22.9. The molecule has 0 fully saturated rings. The molecule has 0 aliphatic carbocycles. The number of amides is 3. The maximum Gasteiger partial charge on any atom is 0.410 e. The molecule has 0 radical (unpaired) electrons. The summed E-state index contributed by atoms with van der Waals surface area (Å²) in [6, 6.07) is 5.89. The summed E-state index contributed by atoms with van der Waals surface area (Å²) in [6.45, 7) is 11.5. The van der Waals surface area contributed by atoms with Gasteiger partial charge in [0.25, 0.3) is 11.8 Å². The number of ether oxygens (including phenoxy) is 2. The van der Waals surface area contributed by atoms with E-state index >= 15 is 0 Å². The zero-order valence-electron chi connectivity index (χ0n) is 18.6. The lowest BCUT2D eigenvalue weighted by atomic mass is 10.1. The van der Waals surface area contributed by atoms with Crippen LogP contribution in [0.15, 0.2) is 24.3 Å². The molecule has 0 saturated carbocycles. The van der Waals surface area contributed by atoms with E-state index in [4.69, 9.17) is 9.47 Å². The standard InChI is InChI=1S/C22H30N2O6/c1-14(24-18(26)15-10-8-9-11-16(15)19(24)27)12-23(20(28)30-22(5,6)7)13-17(25)29-21(2,3)4/h8-11,14H,12-13H2,1-7H3/t14-/m0/s1. The minimum Gasteiger partial charge on any atom is -0.459 e. The van der Waals surface area contributed by atoms with Gasteiger partial charge < -0.3 is 9.47 Å². The molecule has 8 heteroatoms. The number of carbonyl (C=O) groups is 4. The maximum absolute atomic E-state index is 12.7. The SMILES string of the molecule is C[C@@H](CN(CC(=O)OC(C)(C)C)C(=O)OC(C)(C)C)N1C(=O)c2ccccc2C1=O. The molecule has 0 spiro atoms. The van der Waals surface area contributed by atoms with Gasteiger partial charge >= 0.3 is 12.1 Å². The molecule has 2 rings (SSSR count). The van der Waals surface area contributed by atoms with Crippen LogP contribution in [0.4, 0.5) is 4.79 Å². The number of nitrogens with zero attached hydrogens (tertiary/aromatic N) is 2. The number of fused-ring (bicyclic) bond motifs is 1. The van der Waals surface area contributed by atoms with Gasteiger partial charge in [0, 0.05) is 6.54 Å². The fourth-order valence-corrected chi connectivity index (χ4v) is 3.07. The summed E-state index contributed by atoms with van der Waals surface area (Å²) >= 11 is 0. The third kappa shape index (κ3) is 5.81. The van der Waals surface area contributed by atoms with E-state index in [1.807, 2.05) is 0 Å². The number of rotatable bonds is 5. The highest BCUT2D eigenvalue weighted by molar-refractivity contribution is 6.21. The molecule has 30 heavy (non-hydrogen) atoms. The number of imide groups is 1. The Labute approximate surface area is 177 Å². The number of carbonyl (C=O) groups excluding carboxylic acids is 4. The highest BCUT2D eigenvalue weighted by Crippen LogP contribution is 2.25. The minimum absolute atomic E-state index is 0.0698. The van der Waals surface area contributed by atoms with Crippen LogP contribution in [0, 0.1) is 0 Å². The first-order valence-corrected chi connectivity index (χ1v) is 9.86. The van der Waals surface area contributed by atoms with Crippen LogP contribution in [-0.4, -0.2) is 64.0 Å². The van der Waals surface area contributed by atoms with Crippen molar-refractivity contribution < 1.29 is 28.7 Å². The van der Waals surface area contributed by atoms with E-state index in [0.717, 1.165) is 9.80 Å². The molecule has 1 aromatic rings. The van der Waals surface area contributed by atoms with Gasteiger partial charge in [0.05, 0.1) is 17.2 Å². The molecule has 1 heterocycles. The topological polar surface area (TPSA) is 93.2 Å². The van der Waals surface area contributed by atoms with E-state index in [-0.39, 0.29) is 13.1 Å². The monoisotopic (exact) mass is 418 g/mol. The number of benzene rings is 1. The molecule has 1 atom stereocenters. The molecular formula is C22H30N2O6. The first-order valence-electron chi connectivity index (χ1n) is 9.86. The highest BCUT2D eigenvalue weighted by atomic mass is 16.6. The van der Waals surface area contributed by atoms with Gasteiger partial charge in [0.15, 0.2) is 0 Å². The van der Waals surface area contributed by atoms with Gasteiger partial charge in [-0.3, -0.25) is 24.2 Å². The molecule has 8 nitrogen and oxygen atoms in total. The molecular weight excluding hydrogens is 388 g/mol. The van der Waals surface area contributed by atoms with Crippen molar-refractivity contribution in [2.75, 3.05) is 13.1 Å². The Hall–Kier alpha value is -2.90. The average molecular weight is 418 g/mol. The summed E-state index contributed by atoms with van der Waals surface area (Å²) in [5, 5.41) is 0. The Kier molecular flexibility index (Phi) is 6.59. The van der Waals surface area contributed by atoms with Gasteiger partial charge in [-0.1, -0.05) is 12.1 Å². The minimum atomic E-state index is -0.776. The smallest absolute Gasteiger partial charge is 0.410 e. The van der Waals surface area contributed by atoms with Crippen molar-refractivity contribution >= 4 is 23.9 Å². The van der Waals surface area contributed by atoms with E-state index in [0.29, 0.717) is 11.1 Å². The molecule has 1 aromatic carbocycles. The van der Waals surface area contributed by atoms with Crippen molar-refractivity contribution in [3.63, 3.8) is 0 Å². The molecule has 0 saturated heterocycles. The summed E-state index contributed by atoms with van der Waals surface area (Å²) in [7, 11) is 0. The lowest BCUT2D eigenvalue weighted by Gasteiger charge is -2.32. The molecule has 0 N–H and O–H groups in total. The Balaban J connectivity index is 2.20. The first-order chi connectivity index (χ1) is 13.7. The molecule has 0 unspecified atom stereocenters. The van der Waals surface area contributed by atoms with Crippen molar-refractivity contribution in [3.05, 3.63) is 35.4 Å². The summed E-state index contributed by atoms with van der Waals surface area (Å²) in [6.07, 6.45) is -0.725. The van der Waals surface area contributed by atoms with Crippen LogP contribution in [0.25, 0.3) is 0 Å². The van der Waals surface area contributed by atoms with Crippen LogP contribution in [0.3, 0.4) is 0 Å². The molecule has 1 aliphatic rings. The van der Waals surface area contributed by atoms with Crippen molar-refractivity contribution in [1.82, 2.24) is 9.80 Å². The van der Waals surface area contributed by atoms with E-state index in [2.05, 4.69) is 0 Å². The van der Waals surface area contributed by atoms with E-state index < -0.39 is 41.1 Å². The predicted molar refractivity (Wildman–Crippen MR) is 110 cm³/mol. The molecule has 3 amide bonds. The second kappa shape index (κ2) is 8.45. The lowest BCUT2D eigenvalue weighted by molar-refractivity contribution is -0.156. The fraction of sp³-hybridized carbons (Fsp3) is 0.545. The Morgan fingerprint density at radius 3 is 1.83 bits per heavy atom. The van der Waals surface area contributed by atoms with Crippen LogP contribution in [0.2, 0.25) is 0 Å². The van der Waals surface area contributed by atoms with E-state index in [1.54, 1.807) is 72.7 Å². The van der Waals surface area contributed by atoms with Crippen molar-refractivity contribution in [1.29, 1.82) is 0 Å². The van der Waals surface area contributed by atoms with E-state index in [1.165, 1.54) is 0 Å². The van der Waals surface area contributed by atoms with Crippen molar-refractivity contribution in [2.24, 2.45) is 0 Å².